The predicted octanol–water partition coefficient (Wildman–Crippen LogP) is 4.65. The first-order chi connectivity index (χ1) is 14.9. The molecular weight excluding hydrogens is 434 g/mol. The zero-order valence-electron chi connectivity index (χ0n) is 17.0. The molecule has 0 fully saturated rings. The Balaban J connectivity index is 1.97. The van der Waals surface area contributed by atoms with Crippen LogP contribution in [-0.2, 0) is 9.53 Å². The van der Waals surface area contributed by atoms with E-state index >= 15 is 0 Å². The van der Waals surface area contributed by atoms with E-state index in [4.69, 9.17) is 22.1 Å². The average Bonchev–Trinajstić information content (AvgIpc) is 3.16. The first-order valence-corrected chi connectivity index (χ1v) is 10.9. The lowest BCUT2D eigenvalue weighted by molar-refractivity contribution is -0.139. The molecule has 158 valence electrons. The Kier molecular flexibility index (Phi) is 5.89. The Hall–Kier alpha value is -3.03. The molecule has 0 saturated carbocycles. The van der Waals surface area contributed by atoms with E-state index < -0.39 is 11.9 Å². The molecule has 0 amide bonds. The van der Waals surface area contributed by atoms with Crippen molar-refractivity contribution in [3.05, 3.63) is 92.7 Å². The Labute approximate surface area is 189 Å². The van der Waals surface area contributed by atoms with E-state index in [1.54, 1.807) is 55.5 Å². The van der Waals surface area contributed by atoms with Crippen molar-refractivity contribution in [1.82, 2.24) is 5.01 Å². The van der Waals surface area contributed by atoms with Crippen molar-refractivity contribution in [2.24, 2.45) is 10.8 Å². The van der Waals surface area contributed by atoms with Crippen LogP contribution in [0.5, 0.6) is 0 Å². The molecule has 0 spiro atoms. The lowest BCUT2D eigenvalue weighted by atomic mass is 9.79. The van der Waals surface area contributed by atoms with Crippen LogP contribution < -0.4 is 5.73 Å². The van der Waals surface area contributed by atoms with Gasteiger partial charge in [0.05, 0.1) is 23.1 Å². The number of hydrogen-bond donors (Lipinski definition) is 1. The van der Waals surface area contributed by atoms with Crippen LogP contribution in [0.15, 0.2) is 81.7 Å². The molecule has 2 aliphatic rings. The number of hydrazone groups is 1. The summed E-state index contributed by atoms with van der Waals surface area (Å²) >= 11 is 7.45. The SMILES string of the molecule is CCOC(=O)C1=C(N)N2N=C(C)SC2=C(C(=O)c2ccccc2)C1c1ccc(Cl)cc1. The van der Waals surface area contributed by atoms with Gasteiger partial charge < -0.3 is 10.5 Å². The molecule has 2 heterocycles. The fraction of sp³-hybridized carbons (Fsp3) is 0.174. The van der Waals surface area contributed by atoms with E-state index in [-0.39, 0.29) is 23.8 Å². The highest BCUT2D eigenvalue weighted by Crippen LogP contribution is 2.48. The summed E-state index contributed by atoms with van der Waals surface area (Å²) in [5, 5.41) is 7.77. The number of hydrogen-bond acceptors (Lipinski definition) is 7. The second-order valence-corrected chi connectivity index (χ2v) is 8.57. The topological polar surface area (TPSA) is 85.0 Å². The van der Waals surface area contributed by atoms with Gasteiger partial charge in [-0.2, -0.15) is 5.10 Å². The van der Waals surface area contributed by atoms with E-state index in [0.717, 1.165) is 5.04 Å². The number of halogens is 1. The van der Waals surface area contributed by atoms with Crippen LogP contribution in [0, 0.1) is 0 Å². The number of rotatable bonds is 5. The van der Waals surface area contributed by atoms with Crippen molar-refractivity contribution < 1.29 is 14.3 Å². The van der Waals surface area contributed by atoms with Gasteiger partial charge in [0.15, 0.2) is 5.78 Å². The molecular formula is C23H20ClN3O3S. The fourth-order valence-corrected chi connectivity index (χ4v) is 4.72. The lowest BCUT2D eigenvalue weighted by Gasteiger charge is -2.33. The summed E-state index contributed by atoms with van der Waals surface area (Å²) < 4.78 is 5.32. The second-order valence-electron chi connectivity index (χ2n) is 6.95. The van der Waals surface area contributed by atoms with Gasteiger partial charge in [0, 0.05) is 16.2 Å². The Morgan fingerprint density at radius 2 is 1.81 bits per heavy atom. The van der Waals surface area contributed by atoms with Crippen LogP contribution in [0.2, 0.25) is 5.02 Å². The molecule has 2 aromatic rings. The summed E-state index contributed by atoms with van der Waals surface area (Å²) in [5.41, 5.74) is 8.27. The number of benzene rings is 2. The molecule has 6 nitrogen and oxygen atoms in total. The highest BCUT2D eigenvalue weighted by molar-refractivity contribution is 8.17. The maximum Gasteiger partial charge on any atom is 0.338 e. The number of thioether (sulfide) groups is 1. The highest BCUT2D eigenvalue weighted by atomic mass is 35.5. The molecule has 2 N–H and O–H groups in total. The zero-order chi connectivity index (χ0) is 22.1. The predicted molar refractivity (Wildman–Crippen MR) is 122 cm³/mol. The van der Waals surface area contributed by atoms with Crippen LogP contribution in [0.1, 0.15) is 35.7 Å². The highest BCUT2D eigenvalue weighted by Gasteiger charge is 2.44. The number of nitrogens with zero attached hydrogens (tertiary/aromatic N) is 2. The molecule has 0 saturated heterocycles. The summed E-state index contributed by atoms with van der Waals surface area (Å²) in [4.78, 5) is 26.8. The number of esters is 1. The van der Waals surface area contributed by atoms with Gasteiger partial charge in [-0.15, -0.1) is 0 Å². The maximum atomic E-state index is 13.7. The second kappa shape index (κ2) is 8.61. The molecule has 0 aliphatic carbocycles. The average molecular weight is 454 g/mol. The van der Waals surface area contributed by atoms with Gasteiger partial charge in [-0.25, -0.2) is 9.80 Å². The van der Waals surface area contributed by atoms with Crippen LogP contribution in [0.3, 0.4) is 0 Å². The number of carbonyl (C=O) groups is 2. The number of Topliss-reactive ketones (excluding diaryl/α,β-unsaturated/α-hetero) is 1. The summed E-state index contributed by atoms with van der Waals surface area (Å²) in [5.74, 6) is -1.35. The van der Waals surface area contributed by atoms with Gasteiger partial charge >= 0.3 is 5.97 Å². The third-order valence-corrected chi connectivity index (χ3v) is 6.18. The third kappa shape index (κ3) is 3.86. The van der Waals surface area contributed by atoms with Crippen LogP contribution in [0.4, 0.5) is 0 Å². The van der Waals surface area contributed by atoms with E-state index in [1.165, 1.54) is 16.8 Å². The van der Waals surface area contributed by atoms with E-state index in [9.17, 15) is 9.59 Å². The summed E-state index contributed by atoms with van der Waals surface area (Å²) in [6.07, 6.45) is 0. The van der Waals surface area contributed by atoms with Crippen molar-refractivity contribution >= 4 is 40.2 Å². The fourth-order valence-electron chi connectivity index (χ4n) is 3.64. The quantitative estimate of drug-likeness (QED) is 0.524. The Morgan fingerprint density at radius 1 is 1.13 bits per heavy atom. The van der Waals surface area contributed by atoms with Crippen LogP contribution in [-0.4, -0.2) is 28.4 Å². The molecule has 0 radical (unpaired) electrons. The van der Waals surface area contributed by atoms with E-state index in [2.05, 4.69) is 5.10 Å². The maximum absolute atomic E-state index is 13.7. The van der Waals surface area contributed by atoms with Crippen molar-refractivity contribution in [1.29, 1.82) is 0 Å². The van der Waals surface area contributed by atoms with Crippen molar-refractivity contribution in [2.45, 2.75) is 19.8 Å². The molecule has 8 heteroatoms. The Bertz CT molecular complexity index is 1140. The zero-order valence-corrected chi connectivity index (χ0v) is 18.5. The minimum Gasteiger partial charge on any atom is -0.463 e. The first kappa shape index (κ1) is 21.2. The van der Waals surface area contributed by atoms with Crippen molar-refractivity contribution in [3.8, 4) is 0 Å². The van der Waals surface area contributed by atoms with Crippen molar-refractivity contribution in [2.75, 3.05) is 6.61 Å². The molecule has 0 bridgehead atoms. The van der Waals surface area contributed by atoms with Crippen LogP contribution in [0.25, 0.3) is 0 Å². The number of fused-ring (bicyclic) bond motifs is 1. The minimum absolute atomic E-state index is 0.155. The Morgan fingerprint density at radius 3 is 2.45 bits per heavy atom. The normalized spacial score (nSPS) is 18.1. The molecule has 2 aliphatic heterocycles. The van der Waals surface area contributed by atoms with Crippen LogP contribution >= 0.6 is 23.4 Å². The summed E-state index contributed by atoms with van der Waals surface area (Å²) in [6.45, 7) is 3.73. The van der Waals surface area contributed by atoms with Gasteiger partial charge in [0.25, 0.3) is 0 Å². The molecule has 0 aromatic heterocycles. The van der Waals surface area contributed by atoms with Gasteiger partial charge in [0.2, 0.25) is 0 Å². The molecule has 4 rings (SSSR count). The largest absolute Gasteiger partial charge is 0.463 e. The van der Waals surface area contributed by atoms with Gasteiger partial charge in [-0.1, -0.05) is 65.8 Å². The number of ether oxygens (including phenoxy) is 1. The number of ketones is 1. The smallest absolute Gasteiger partial charge is 0.338 e. The van der Waals surface area contributed by atoms with Gasteiger partial charge in [0.1, 0.15) is 10.9 Å². The minimum atomic E-state index is -0.719. The summed E-state index contributed by atoms with van der Waals surface area (Å²) in [6, 6.07) is 16.0. The van der Waals surface area contributed by atoms with E-state index in [0.29, 0.717) is 26.8 Å². The monoisotopic (exact) mass is 453 g/mol. The summed E-state index contributed by atoms with van der Waals surface area (Å²) in [7, 11) is 0. The first-order valence-electron chi connectivity index (χ1n) is 9.71. The molecule has 31 heavy (non-hydrogen) atoms. The molecule has 2 aromatic carbocycles. The molecule has 1 unspecified atom stereocenters. The molecule has 1 atom stereocenters. The lowest BCUT2D eigenvalue weighted by Crippen LogP contribution is -2.35. The standard InChI is InChI=1S/C23H20ClN3O3S/c1-3-30-23(29)19-17(14-9-11-16(24)12-10-14)18(20(28)15-7-5-4-6-8-15)22-27(21(19)25)26-13(2)31-22/h4-12,17H,3,25H2,1-2H3. The number of allylic oxidation sites excluding steroid dienone is 1. The number of nitrogens with two attached hydrogens (primary N) is 1. The van der Waals surface area contributed by atoms with Gasteiger partial charge in [-0.05, 0) is 31.5 Å². The van der Waals surface area contributed by atoms with E-state index in [1.807, 2.05) is 13.0 Å². The number of carbonyl (C=O) groups excluding carboxylic acids is 2. The van der Waals surface area contributed by atoms with Crippen molar-refractivity contribution in [3.63, 3.8) is 0 Å². The third-order valence-electron chi connectivity index (χ3n) is 4.97. The van der Waals surface area contributed by atoms with Gasteiger partial charge in [-0.3, -0.25) is 4.79 Å².